The number of rotatable bonds is 4. The second-order valence-corrected chi connectivity index (χ2v) is 5.36. The molecule has 1 saturated carbocycles. The van der Waals surface area contributed by atoms with Crippen LogP contribution in [0.15, 0.2) is 0 Å². The van der Waals surface area contributed by atoms with Crippen molar-refractivity contribution in [3.8, 4) is 0 Å². The summed E-state index contributed by atoms with van der Waals surface area (Å²) >= 11 is 0. The zero-order valence-electron chi connectivity index (χ0n) is 10.6. The minimum absolute atomic E-state index is 0.0549. The van der Waals surface area contributed by atoms with Crippen LogP contribution in [-0.2, 0) is 4.79 Å². The Labute approximate surface area is 98.0 Å². The zero-order chi connectivity index (χ0) is 11.8. The Morgan fingerprint density at radius 3 is 2.56 bits per heavy atom. The van der Waals surface area contributed by atoms with E-state index in [1.165, 1.54) is 19.3 Å². The normalized spacial score (nSPS) is 28.6. The molecule has 4 heteroatoms. The topological polar surface area (TPSA) is 35.6 Å². The molecule has 2 fully saturated rings. The van der Waals surface area contributed by atoms with Gasteiger partial charge in [0, 0.05) is 18.6 Å². The van der Waals surface area contributed by atoms with Crippen LogP contribution in [0.4, 0.5) is 0 Å². The van der Waals surface area contributed by atoms with Crippen molar-refractivity contribution in [3.05, 3.63) is 0 Å². The first-order chi connectivity index (χ1) is 7.59. The zero-order valence-corrected chi connectivity index (χ0v) is 10.6. The van der Waals surface area contributed by atoms with Gasteiger partial charge >= 0.3 is 0 Å². The van der Waals surface area contributed by atoms with Crippen molar-refractivity contribution in [2.24, 2.45) is 0 Å². The lowest BCUT2D eigenvalue weighted by molar-refractivity contribution is -0.131. The van der Waals surface area contributed by atoms with Gasteiger partial charge in [-0.25, -0.2) is 0 Å². The number of amides is 1. The standard InChI is InChI=1S/C12H23N3O/c1-13-10-5-8-15(11(10)16)9-12(14(2)3)6-4-7-12/h10,13H,4-9H2,1-3H3. The van der Waals surface area contributed by atoms with Crippen LogP contribution in [0, 0.1) is 0 Å². The van der Waals surface area contributed by atoms with Gasteiger partial charge in [-0.1, -0.05) is 0 Å². The third-order valence-electron chi connectivity index (χ3n) is 4.36. The number of hydrogen-bond acceptors (Lipinski definition) is 3. The van der Waals surface area contributed by atoms with Crippen molar-refractivity contribution in [2.75, 3.05) is 34.2 Å². The van der Waals surface area contributed by atoms with E-state index in [-0.39, 0.29) is 17.5 Å². The van der Waals surface area contributed by atoms with E-state index in [0.717, 1.165) is 19.5 Å². The van der Waals surface area contributed by atoms with E-state index in [2.05, 4.69) is 24.3 Å². The van der Waals surface area contributed by atoms with Crippen LogP contribution < -0.4 is 5.32 Å². The molecule has 1 atom stereocenters. The number of nitrogens with zero attached hydrogens (tertiary/aromatic N) is 2. The van der Waals surface area contributed by atoms with E-state index in [9.17, 15) is 4.79 Å². The van der Waals surface area contributed by atoms with E-state index in [1.54, 1.807) is 0 Å². The Morgan fingerprint density at radius 2 is 2.19 bits per heavy atom. The van der Waals surface area contributed by atoms with E-state index in [0.29, 0.717) is 0 Å². The van der Waals surface area contributed by atoms with Gasteiger partial charge in [0.25, 0.3) is 0 Å². The summed E-state index contributed by atoms with van der Waals surface area (Å²) in [6.45, 7) is 1.83. The molecule has 1 unspecified atom stereocenters. The molecular weight excluding hydrogens is 202 g/mol. The van der Waals surface area contributed by atoms with Gasteiger partial charge in [-0.3, -0.25) is 4.79 Å². The average molecular weight is 225 g/mol. The van der Waals surface area contributed by atoms with Gasteiger partial charge in [0.05, 0.1) is 6.04 Å². The third-order valence-corrected chi connectivity index (χ3v) is 4.36. The Balaban J connectivity index is 1.97. The fourth-order valence-corrected chi connectivity index (χ4v) is 2.85. The predicted molar refractivity (Wildman–Crippen MR) is 64.3 cm³/mol. The molecule has 1 heterocycles. The maximum atomic E-state index is 12.0. The Morgan fingerprint density at radius 1 is 1.50 bits per heavy atom. The quantitative estimate of drug-likeness (QED) is 0.747. The molecule has 0 radical (unpaired) electrons. The number of hydrogen-bond donors (Lipinski definition) is 1. The number of carbonyl (C=O) groups is 1. The van der Waals surface area contributed by atoms with E-state index < -0.39 is 0 Å². The summed E-state index contributed by atoms with van der Waals surface area (Å²) in [5.41, 5.74) is 0.262. The number of carbonyl (C=O) groups excluding carboxylic acids is 1. The molecule has 1 saturated heterocycles. The van der Waals surface area contributed by atoms with Crippen LogP contribution >= 0.6 is 0 Å². The van der Waals surface area contributed by atoms with Crippen LogP contribution in [0.5, 0.6) is 0 Å². The SMILES string of the molecule is CNC1CCN(CC2(N(C)C)CCC2)C1=O. The van der Waals surface area contributed by atoms with Crippen molar-refractivity contribution in [1.29, 1.82) is 0 Å². The van der Waals surface area contributed by atoms with Crippen LogP contribution in [0.1, 0.15) is 25.7 Å². The lowest BCUT2D eigenvalue weighted by atomic mass is 9.75. The summed E-state index contributed by atoms with van der Waals surface area (Å²) in [6.07, 6.45) is 4.72. The summed E-state index contributed by atoms with van der Waals surface area (Å²) in [6, 6.07) is 0.0549. The first kappa shape index (κ1) is 11.9. The van der Waals surface area contributed by atoms with Gasteiger partial charge in [-0.05, 0) is 46.8 Å². The van der Waals surface area contributed by atoms with Crippen molar-refractivity contribution in [2.45, 2.75) is 37.3 Å². The minimum Gasteiger partial charge on any atom is -0.339 e. The largest absolute Gasteiger partial charge is 0.339 e. The average Bonchev–Trinajstić information content (AvgIpc) is 2.52. The van der Waals surface area contributed by atoms with Crippen LogP contribution in [0.2, 0.25) is 0 Å². The Hall–Kier alpha value is -0.610. The fraction of sp³-hybridized carbons (Fsp3) is 0.917. The van der Waals surface area contributed by atoms with E-state index >= 15 is 0 Å². The molecule has 92 valence electrons. The smallest absolute Gasteiger partial charge is 0.239 e. The highest BCUT2D eigenvalue weighted by atomic mass is 16.2. The summed E-state index contributed by atoms with van der Waals surface area (Å²) in [4.78, 5) is 16.4. The summed E-state index contributed by atoms with van der Waals surface area (Å²) in [5.74, 6) is 0.288. The first-order valence-electron chi connectivity index (χ1n) is 6.22. The highest BCUT2D eigenvalue weighted by molar-refractivity contribution is 5.84. The fourth-order valence-electron chi connectivity index (χ4n) is 2.85. The minimum atomic E-state index is 0.0549. The van der Waals surface area contributed by atoms with Crippen molar-refractivity contribution < 1.29 is 4.79 Å². The molecule has 1 amide bonds. The van der Waals surface area contributed by atoms with E-state index in [1.807, 2.05) is 11.9 Å². The lowest BCUT2D eigenvalue weighted by Crippen LogP contribution is -2.58. The maximum absolute atomic E-state index is 12.0. The number of nitrogens with one attached hydrogen (secondary N) is 1. The van der Waals surface area contributed by atoms with Gasteiger partial charge in [-0.15, -0.1) is 0 Å². The van der Waals surface area contributed by atoms with E-state index in [4.69, 9.17) is 0 Å². The first-order valence-corrected chi connectivity index (χ1v) is 6.22. The summed E-state index contributed by atoms with van der Waals surface area (Å²) < 4.78 is 0. The molecule has 1 aliphatic heterocycles. The maximum Gasteiger partial charge on any atom is 0.239 e. The van der Waals surface area contributed by atoms with Crippen LogP contribution in [0.3, 0.4) is 0 Å². The molecule has 1 N–H and O–H groups in total. The van der Waals surface area contributed by atoms with Crippen molar-refractivity contribution in [3.63, 3.8) is 0 Å². The molecule has 1 aliphatic carbocycles. The van der Waals surface area contributed by atoms with Crippen LogP contribution in [0.25, 0.3) is 0 Å². The Kier molecular flexibility index (Phi) is 3.22. The summed E-state index contributed by atoms with van der Waals surface area (Å²) in [5, 5.41) is 3.09. The molecule has 0 aromatic heterocycles. The van der Waals surface area contributed by atoms with Crippen LogP contribution in [-0.4, -0.2) is 61.5 Å². The van der Waals surface area contributed by atoms with Gasteiger partial charge in [0.15, 0.2) is 0 Å². The van der Waals surface area contributed by atoms with Gasteiger partial charge in [0.1, 0.15) is 0 Å². The molecule has 2 rings (SSSR count). The molecule has 4 nitrogen and oxygen atoms in total. The molecule has 16 heavy (non-hydrogen) atoms. The highest BCUT2D eigenvalue weighted by Gasteiger charge is 2.43. The van der Waals surface area contributed by atoms with Gasteiger partial charge < -0.3 is 15.1 Å². The number of likely N-dealkylation sites (tertiary alicyclic amines) is 1. The molecule has 0 spiro atoms. The molecule has 2 aliphatic rings. The lowest BCUT2D eigenvalue weighted by Gasteiger charge is -2.49. The predicted octanol–water partition coefficient (Wildman–Crippen LogP) is 0.291. The highest BCUT2D eigenvalue weighted by Crippen LogP contribution is 2.37. The van der Waals surface area contributed by atoms with Gasteiger partial charge in [0.2, 0.25) is 5.91 Å². The second-order valence-electron chi connectivity index (χ2n) is 5.36. The molecule has 0 aromatic rings. The van der Waals surface area contributed by atoms with Crippen molar-refractivity contribution >= 4 is 5.91 Å². The monoisotopic (exact) mass is 225 g/mol. The Bertz CT molecular complexity index is 273. The third kappa shape index (κ3) is 1.84. The number of likely N-dealkylation sites (N-methyl/N-ethyl adjacent to an activating group) is 2. The second kappa shape index (κ2) is 4.34. The molecule has 0 aromatic carbocycles. The summed E-state index contributed by atoms with van der Waals surface area (Å²) in [7, 11) is 6.14. The molecular formula is C12H23N3O. The molecule has 0 bridgehead atoms. The van der Waals surface area contributed by atoms with Crippen molar-refractivity contribution in [1.82, 2.24) is 15.1 Å². The van der Waals surface area contributed by atoms with Gasteiger partial charge in [-0.2, -0.15) is 0 Å².